The molecule has 2 saturated heterocycles. The van der Waals surface area contributed by atoms with Gasteiger partial charge in [0.25, 0.3) is 0 Å². The average Bonchev–Trinajstić information content (AvgIpc) is 2.78. The van der Waals surface area contributed by atoms with Gasteiger partial charge < -0.3 is 14.5 Å². The molecule has 7 nitrogen and oxygen atoms in total. The number of carbonyl (C=O) groups is 1. The number of aryl methyl sites for hydroxylation is 1. The minimum absolute atomic E-state index is 0.228. The summed E-state index contributed by atoms with van der Waals surface area (Å²) in [7, 11) is 0. The van der Waals surface area contributed by atoms with E-state index in [0.717, 1.165) is 55.2 Å². The minimum atomic E-state index is 0.228. The number of anilines is 1. The first kappa shape index (κ1) is 22.0. The topological polar surface area (TPSA) is 71.5 Å². The van der Waals surface area contributed by atoms with E-state index in [1.54, 1.807) is 0 Å². The van der Waals surface area contributed by atoms with E-state index in [9.17, 15) is 4.79 Å². The molecule has 2 aliphatic heterocycles. The van der Waals surface area contributed by atoms with Gasteiger partial charge in [0.2, 0.25) is 5.91 Å². The number of likely N-dealkylation sites (tertiary alicyclic amines) is 1. The van der Waals surface area contributed by atoms with Gasteiger partial charge in [-0.2, -0.15) is 0 Å². The molecule has 31 heavy (non-hydrogen) atoms. The van der Waals surface area contributed by atoms with Crippen LogP contribution >= 0.6 is 11.6 Å². The molecule has 4 rings (SSSR count). The van der Waals surface area contributed by atoms with Crippen LogP contribution in [0.15, 0.2) is 18.2 Å². The summed E-state index contributed by atoms with van der Waals surface area (Å²) in [5.41, 5.74) is 2.75. The Morgan fingerprint density at radius 2 is 1.94 bits per heavy atom. The number of rotatable bonds is 4. The first-order chi connectivity index (χ1) is 14.9. The molecule has 0 unspecified atom stereocenters. The van der Waals surface area contributed by atoms with E-state index in [1.165, 1.54) is 0 Å². The second-order valence-electron chi connectivity index (χ2n) is 8.42. The summed E-state index contributed by atoms with van der Waals surface area (Å²) in [4.78, 5) is 30.5. The molecular weight excluding hydrogens is 414 g/mol. The maximum atomic E-state index is 12.1. The first-order valence-electron chi connectivity index (χ1n) is 11.1. The van der Waals surface area contributed by atoms with Gasteiger partial charge in [-0.15, -0.1) is 0 Å². The van der Waals surface area contributed by atoms with Crippen molar-refractivity contribution in [2.45, 2.75) is 52.0 Å². The van der Waals surface area contributed by atoms with Gasteiger partial charge in [-0.05, 0) is 38.8 Å². The Bertz CT molecular complexity index is 925. The molecule has 2 aromatic rings. The molecule has 4 heterocycles. The molecule has 0 aromatic carbocycles. The predicted octanol–water partition coefficient (Wildman–Crippen LogP) is 3.84. The van der Waals surface area contributed by atoms with Crippen LogP contribution in [0, 0.1) is 6.92 Å². The molecule has 0 radical (unpaired) electrons. The third kappa shape index (κ3) is 4.99. The Kier molecular flexibility index (Phi) is 6.72. The summed E-state index contributed by atoms with van der Waals surface area (Å²) in [5.74, 6) is 2.13. The third-order valence-corrected chi connectivity index (χ3v) is 6.34. The highest BCUT2D eigenvalue weighted by Crippen LogP contribution is 2.32. The van der Waals surface area contributed by atoms with Crippen molar-refractivity contribution in [1.82, 2.24) is 19.9 Å². The van der Waals surface area contributed by atoms with Gasteiger partial charge >= 0.3 is 0 Å². The van der Waals surface area contributed by atoms with Gasteiger partial charge in [-0.25, -0.2) is 15.0 Å². The number of pyridine rings is 1. The minimum Gasteiger partial charge on any atom is -0.377 e. The van der Waals surface area contributed by atoms with Crippen LogP contribution in [0.3, 0.4) is 0 Å². The lowest BCUT2D eigenvalue weighted by Crippen LogP contribution is -2.44. The van der Waals surface area contributed by atoms with Crippen LogP contribution in [0.2, 0.25) is 5.15 Å². The van der Waals surface area contributed by atoms with Crippen molar-refractivity contribution in [3.63, 3.8) is 0 Å². The second-order valence-corrected chi connectivity index (χ2v) is 8.81. The van der Waals surface area contributed by atoms with Gasteiger partial charge in [0.05, 0.1) is 19.3 Å². The number of piperidine rings is 1. The van der Waals surface area contributed by atoms with Crippen molar-refractivity contribution >= 4 is 23.3 Å². The largest absolute Gasteiger partial charge is 0.377 e. The summed E-state index contributed by atoms with van der Waals surface area (Å²) in [6.45, 7) is 9.73. The molecular formula is C23H30ClN5O2. The molecule has 0 N–H and O–H groups in total. The highest BCUT2D eigenvalue weighted by atomic mass is 35.5. The summed E-state index contributed by atoms with van der Waals surface area (Å²) < 4.78 is 5.62. The lowest BCUT2D eigenvalue weighted by atomic mass is 9.92. The lowest BCUT2D eigenvalue weighted by Gasteiger charge is -2.35. The molecule has 0 aliphatic carbocycles. The Balaban J connectivity index is 1.69. The zero-order valence-corrected chi connectivity index (χ0v) is 19.2. The van der Waals surface area contributed by atoms with Gasteiger partial charge in [0.1, 0.15) is 11.0 Å². The Morgan fingerprint density at radius 1 is 1.16 bits per heavy atom. The average molecular weight is 444 g/mol. The maximum Gasteiger partial charge on any atom is 0.222 e. The van der Waals surface area contributed by atoms with Crippen molar-refractivity contribution in [1.29, 1.82) is 0 Å². The van der Waals surface area contributed by atoms with Crippen LogP contribution in [0.25, 0.3) is 11.4 Å². The van der Waals surface area contributed by atoms with Crippen LogP contribution in [0.1, 0.15) is 50.4 Å². The highest BCUT2D eigenvalue weighted by molar-refractivity contribution is 6.29. The van der Waals surface area contributed by atoms with E-state index in [4.69, 9.17) is 26.3 Å². The van der Waals surface area contributed by atoms with Crippen molar-refractivity contribution in [2.24, 2.45) is 0 Å². The molecule has 166 valence electrons. The van der Waals surface area contributed by atoms with Crippen LogP contribution < -0.4 is 4.90 Å². The zero-order valence-electron chi connectivity index (χ0n) is 18.5. The number of hydrogen-bond donors (Lipinski definition) is 0. The Morgan fingerprint density at radius 3 is 2.61 bits per heavy atom. The monoisotopic (exact) mass is 443 g/mol. The quantitative estimate of drug-likeness (QED) is 0.668. The number of halogens is 1. The fraction of sp³-hybridized carbons (Fsp3) is 0.565. The number of morpholine rings is 1. The molecule has 2 aliphatic rings. The van der Waals surface area contributed by atoms with E-state index in [1.807, 2.05) is 30.9 Å². The van der Waals surface area contributed by atoms with Crippen molar-refractivity contribution < 1.29 is 9.53 Å². The van der Waals surface area contributed by atoms with E-state index < -0.39 is 0 Å². The number of aromatic nitrogens is 3. The SMILES string of the molecule is CCC(=O)N1CCC(c2cc(N3CCOC[C@H]3C)nc(-c3cc(C)nc(Cl)c3)n2)CC1. The number of carbonyl (C=O) groups excluding carboxylic acids is 1. The van der Waals surface area contributed by atoms with Crippen LogP contribution in [0.5, 0.6) is 0 Å². The van der Waals surface area contributed by atoms with Crippen molar-refractivity contribution in [2.75, 3.05) is 37.7 Å². The number of hydrogen-bond acceptors (Lipinski definition) is 6. The molecule has 2 fully saturated rings. The summed E-state index contributed by atoms with van der Waals surface area (Å²) >= 11 is 6.23. The van der Waals surface area contributed by atoms with E-state index in [0.29, 0.717) is 36.5 Å². The molecule has 0 saturated carbocycles. The number of nitrogens with zero attached hydrogens (tertiary/aromatic N) is 5. The third-order valence-electron chi connectivity index (χ3n) is 6.14. The zero-order chi connectivity index (χ0) is 22.0. The van der Waals surface area contributed by atoms with E-state index in [2.05, 4.69) is 22.9 Å². The Labute approximate surface area is 188 Å². The van der Waals surface area contributed by atoms with E-state index in [-0.39, 0.29) is 11.9 Å². The standard InChI is InChI=1S/C23H30ClN5O2/c1-4-22(30)28-7-5-17(6-8-28)19-13-21(29-9-10-31-14-16(29)3)27-23(26-19)18-11-15(2)25-20(24)12-18/h11-13,16-17H,4-10,14H2,1-3H3/t16-/m1/s1. The fourth-order valence-corrected chi connectivity index (χ4v) is 4.66. The normalized spacial score (nSPS) is 20.2. The van der Waals surface area contributed by atoms with Crippen LogP contribution in [-0.4, -0.2) is 64.6 Å². The summed E-state index contributed by atoms with van der Waals surface area (Å²) in [5, 5.41) is 0.441. The molecule has 0 spiro atoms. The molecule has 1 amide bonds. The predicted molar refractivity (Wildman–Crippen MR) is 121 cm³/mol. The molecule has 2 aromatic heterocycles. The lowest BCUT2D eigenvalue weighted by molar-refractivity contribution is -0.131. The van der Waals surface area contributed by atoms with Gasteiger partial charge in [-0.3, -0.25) is 4.79 Å². The van der Waals surface area contributed by atoms with E-state index >= 15 is 0 Å². The fourth-order valence-electron chi connectivity index (χ4n) is 4.41. The second kappa shape index (κ2) is 9.49. The molecule has 8 heteroatoms. The summed E-state index contributed by atoms with van der Waals surface area (Å²) in [6, 6.07) is 6.17. The van der Waals surface area contributed by atoms with Gasteiger partial charge in [-0.1, -0.05) is 18.5 Å². The van der Waals surface area contributed by atoms with Gasteiger partial charge in [0, 0.05) is 55.0 Å². The molecule has 1 atom stereocenters. The first-order valence-corrected chi connectivity index (χ1v) is 11.5. The molecule has 0 bridgehead atoms. The van der Waals surface area contributed by atoms with Crippen molar-refractivity contribution in [3.8, 4) is 11.4 Å². The van der Waals surface area contributed by atoms with Crippen molar-refractivity contribution in [3.05, 3.63) is 34.7 Å². The number of ether oxygens (including phenoxy) is 1. The maximum absolute atomic E-state index is 12.1. The van der Waals surface area contributed by atoms with Gasteiger partial charge in [0.15, 0.2) is 5.82 Å². The van der Waals surface area contributed by atoms with Crippen LogP contribution in [-0.2, 0) is 9.53 Å². The summed E-state index contributed by atoms with van der Waals surface area (Å²) in [6.07, 6.45) is 2.39. The van der Waals surface area contributed by atoms with Crippen LogP contribution in [0.4, 0.5) is 5.82 Å². The number of amides is 1. The smallest absolute Gasteiger partial charge is 0.222 e. The highest BCUT2D eigenvalue weighted by Gasteiger charge is 2.27. The Hall–Kier alpha value is -2.25.